The summed E-state index contributed by atoms with van der Waals surface area (Å²) in [4.78, 5) is 2.15. The molecule has 1 rings (SSSR count). The highest BCUT2D eigenvalue weighted by Gasteiger charge is 2.15. The second-order valence-electron chi connectivity index (χ2n) is 3.30. The van der Waals surface area contributed by atoms with Crippen LogP contribution in [-0.2, 0) is 0 Å². The van der Waals surface area contributed by atoms with Crippen LogP contribution in [0.25, 0.3) is 0 Å². The molecule has 74 valence electrons. The summed E-state index contributed by atoms with van der Waals surface area (Å²) in [7, 11) is 4.12. The Morgan fingerprint density at radius 3 is 2.77 bits per heavy atom. The fourth-order valence-electron chi connectivity index (χ4n) is 1.30. The summed E-state index contributed by atoms with van der Waals surface area (Å²) in [5, 5.41) is 3.32. The minimum absolute atomic E-state index is 0.329. The first-order chi connectivity index (χ1) is 6.25. The monoisotopic (exact) mass is 182 g/mol. The Bertz CT molecular complexity index is 219. The van der Waals surface area contributed by atoms with Crippen molar-refractivity contribution in [3.05, 3.63) is 24.2 Å². The zero-order chi connectivity index (χ0) is 9.68. The highest BCUT2D eigenvalue weighted by molar-refractivity contribution is 5.04. The topological polar surface area (TPSA) is 28.4 Å². The van der Waals surface area contributed by atoms with Crippen LogP contribution in [0, 0.1) is 0 Å². The van der Waals surface area contributed by atoms with E-state index in [1.54, 1.807) is 6.26 Å². The van der Waals surface area contributed by atoms with E-state index in [9.17, 15) is 0 Å². The molecule has 0 radical (unpaired) electrons. The fraction of sp³-hybridized carbons (Fsp3) is 0.600. The van der Waals surface area contributed by atoms with Gasteiger partial charge < -0.3 is 9.73 Å². The van der Waals surface area contributed by atoms with Gasteiger partial charge in [0.25, 0.3) is 0 Å². The lowest BCUT2D eigenvalue weighted by atomic mass is 10.2. The van der Waals surface area contributed by atoms with E-state index in [-0.39, 0.29) is 0 Å². The quantitative estimate of drug-likeness (QED) is 0.748. The van der Waals surface area contributed by atoms with Gasteiger partial charge in [0.2, 0.25) is 0 Å². The number of rotatable bonds is 5. The molecule has 1 N–H and O–H groups in total. The van der Waals surface area contributed by atoms with Crippen LogP contribution in [0.15, 0.2) is 22.8 Å². The van der Waals surface area contributed by atoms with Crippen molar-refractivity contribution in [3.8, 4) is 0 Å². The van der Waals surface area contributed by atoms with Crippen molar-refractivity contribution in [2.75, 3.05) is 27.2 Å². The van der Waals surface area contributed by atoms with Crippen LogP contribution in [-0.4, -0.2) is 32.1 Å². The lowest BCUT2D eigenvalue weighted by molar-refractivity contribution is 0.252. The molecule has 3 nitrogen and oxygen atoms in total. The zero-order valence-electron chi connectivity index (χ0n) is 8.58. The summed E-state index contributed by atoms with van der Waals surface area (Å²) in [5.41, 5.74) is 0. The van der Waals surface area contributed by atoms with Gasteiger partial charge in [-0.05, 0) is 32.8 Å². The molecule has 0 amide bonds. The number of nitrogens with one attached hydrogen (secondary N) is 1. The van der Waals surface area contributed by atoms with Crippen LogP contribution in [0.4, 0.5) is 0 Å². The molecule has 0 unspecified atom stereocenters. The molecule has 0 saturated heterocycles. The van der Waals surface area contributed by atoms with E-state index in [4.69, 9.17) is 4.42 Å². The Labute approximate surface area is 79.7 Å². The van der Waals surface area contributed by atoms with E-state index in [0.717, 1.165) is 18.8 Å². The second kappa shape index (κ2) is 5.04. The van der Waals surface area contributed by atoms with Gasteiger partial charge >= 0.3 is 0 Å². The summed E-state index contributed by atoms with van der Waals surface area (Å²) in [5.74, 6) is 1.02. The van der Waals surface area contributed by atoms with Crippen LogP contribution in [0.3, 0.4) is 0 Å². The molecule has 1 heterocycles. The number of likely N-dealkylation sites (N-methyl/N-ethyl adjacent to an activating group) is 2. The van der Waals surface area contributed by atoms with Gasteiger partial charge in [-0.15, -0.1) is 0 Å². The Morgan fingerprint density at radius 2 is 2.31 bits per heavy atom. The van der Waals surface area contributed by atoms with Gasteiger partial charge in [0.15, 0.2) is 0 Å². The Balaban J connectivity index is 2.58. The fourth-order valence-corrected chi connectivity index (χ4v) is 1.30. The van der Waals surface area contributed by atoms with Gasteiger partial charge in [-0.25, -0.2) is 0 Å². The number of hydrogen-bond acceptors (Lipinski definition) is 3. The molecule has 0 aliphatic rings. The highest BCUT2D eigenvalue weighted by Crippen LogP contribution is 2.17. The molecule has 1 aromatic heterocycles. The van der Waals surface area contributed by atoms with Gasteiger partial charge in [0.05, 0.1) is 12.3 Å². The van der Waals surface area contributed by atoms with Gasteiger partial charge in [-0.1, -0.05) is 6.92 Å². The smallest absolute Gasteiger partial charge is 0.122 e. The molecule has 1 aromatic rings. The van der Waals surface area contributed by atoms with Crippen LogP contribution < -0.4 is 5.32 Å². The maximum absolute atomic E-state index is 5.37. The molecule has 0 saturated carbocycles. The molecule has 0 aromatic carbocycles. The Morgan fingerprint density at radius 1 is 1.54 bits per heavy atom. The summed E-state index contributed by atoms with van der Waals surface area (Å²) in [6.45, 7) is 4.02. The highest BCUT2D eigenvalue weighted by atomic mass is 16.3. The standard InChI is InChI=1S/C10H18N2O/c1-4-11-8-9(12(2)3)10-6-5-7-13-10/h5-7,9,11H,4,8H2,1-3H3/t9-/m1/s1. The molecule has 0 spiro atoms. The van der Waals surface area contributed by atoms with E-state index in [1.165, 1.54) is 0 Å². The van der Waals surface area contributed by atoms with Crippen LogP contribution >= 0.6 is 0 Å². The lowest BCUT2D eigenvalue weighted by Gasteiger charge is -2.22. The average molecular weight is 182 g/mol. The van der Waals surface area contributed by atoms with Gasteiger partial charge in [0.1, 0.15) is 5.76 Å². The van der Waals surface area contributed by atoms with E-state index in [2.05, 4.69) is 31.2 Å². The third-order valence-electron chi connectivity index (χ3n) is 2.08. The molecule has 0 aliphatic carbocycles. The van der Waals surface area contributed by atoms with Crippen LogP contribution in [0.1, 0.15) is 18.7 Å². The first kappa shape index (κ1) is 10.3. The van der Waals surface area contributed by atoms with Crippen LogP contribution in [0.2, 0.25) is 0 Å². The Kier molecular flexibility index (Phi) is 3.99. The predicted octanol–water partition coefficient (Wildman–Crippen LogP) is 1.49. The summed E-state index contributed by atoms with van der Waals surface area (Å²) in [6, 6.07) is 4.27. The van der Waals surface area contributed by atoms with Crippen molar-refractivity contribution in [3.63, 3.8) is 0 Å². The summed E-state index contributed by atoms with van der Waals surface area (Å²) in [6.07, 6.45) is 1.72. The maximum Gasteiger partial charge on any atom is 0.122 e. The van der Waals surface area contributed by atoms with Gasteiger partial charge in [-0.2, -0.15) is 0 Å². The third kappa shape index (κ3) is 2.86. The van der Waals surface area contributed by atoms with Gasteiger partial charge in [0, 0.05) is 6.54 Å². The Hall–Kier alpha value is -0.800. The number of furan rings is 1. The maximum atomic E-state index is 5.37. The van der Waals surface area contributed by atoms with E-state index < -0.39 is 0 Å². The minimum atomic E-state index is 0.329. The first-order valence-electron chi connectivity index (χ1n) is 4.66. The van der Waals surface area contributed by atoms with Crippen molar-refractivity contribution < 1.29 is 4.42 Å². The predicted molar refractivity (Wildman–Crippen MR) is 53.7 cm³/mol. The lowest BCUT2D eigenvalue weighted by Crippen LogP contribution is -2.30. The summed E-state index contributed by atoms with van der Waals surface area (Å²) < 4.78 is 5.37. The molecule has 0 fully saturated rings. The summed E-state index contributed by atoms with van der Waals surface area (Å²) >= 11 is 0. The van der Waals surface area contributed by atoms with Crippen molar-refractivity contribution in [1.29, 1.82) is 0 Å². The molecular weight excluding hydrogens is 164 g/mol. The van der Waals surface area contributed by atoms with Crippen molar-refractivity contribution in [1.82, 2.24) is 10.2 Å². The molecule has 0 aliphatic heterocycles. The number of hydrogen-bond donors (Lipinski definition) is 1. The zero-order valence-corrected chi connectivity index (χ0v) is 8.58. The molecule has 1 atom stereocenters. The van der Waals surface area contributed by atoms with Crippen LogP contribution in [0.5, 0.6) is 0 Å². The van der Waals surface area contributed by atoms with Gasteiger partial charge in [-0.3, -0.25) is 4.90 Å². The first-order valence-corrected chi connectivity index (χ1v) is 4.66. The average Bonchev–Trinajstić information content (AvgIpc) is 2.57. The molecule has 13 heavy (non-hydrogen) atoms. The molecule has 3 heteroatoms. The van der Waals surface area contributed by atoms with E-state index >= 15 is 0 Å². The van der Waals surface area contributed by atoms with Crippen molar-refractivity contribution in [2.24, 2.45) is 0 Å². The largest absolute Gasteiger partial charge is 0.468 e. The van der Waals surface area contributed by atoms with Crippen molar-refractivity contribution >= 4 is 0 Å². The molecule has 0 bridgehead atoms. The minimum Gasteiger partial charge on any atom is -0.468 e. The second-order valence-corrected chi connectivity index (χ2v) is 3.30. The SMILES string of the molecule is CCNC[C@H](c1ccco1)N(C)C. The third-order valence-corrected chi connectivity index (χ3v) is 2.08. The van der Waals surface area contributed by atoms with E-state index in [0.29, 0.717) is 6.04 Å². The van der Waals surface area contributed by atoms with Crippen molar-refractivity contribution in [2.45, 2.75) is 13.0 Å². The number of nitrogens with zero attached hydrogens (tertiary/aromatic N) is 1. The van der Waals surface area contributed by atoms with E-state index in [1.807, 2.05) is 12.1 Å². The normalized spacial score (nSPS) is 13.5. The molecular formula is C10H18N2O.